The minimum absolute atomic E-state index is 0.0546. The molecule has 0 saturated heterocycles. The SMILES string of the molecule is COc1cc(OC)c2c(CC(=O)O)cn(Cc3ccccc3)c2c1. The van der Waals surface area contributed by atoms with Crippen molar-refractivity contribution in [2.75, 3.05) is 14.2 Å². The Morgan fingerprint density at radius 1 is 1.12 bits per heavy atom. The van der Waals surface area contributed by atoms with Crippen LogP contribution in [0, 0.1) is 0 Å². The molecule has 3 rings (SSSR count). The fraction of sp³-hybridized carbons (Fsp3) is 0.211. The Bertz CT molecular complexity index is 868. The van der Waals surface area contributed by atoms with E-state index < -0.39 is 5.97 Å². The van der Waals surface area contributed by atoms with Crippen LogP contribution in [0.5, 0.6) is 11.5 Å². The van der Waals surface area contributed by atoms with Crippen LogP contribution in [0.2, 0.25) is 0 Å². The number of hydrogen-bond acceptors (Lipinski definition) is 3. The molecule has 0 unspecified atom stereocenters. The summed E-state index contributed by atoms with van der Waals surface area (Å²) in [5.41, 5.74) is 2.76. The smallest absolute Gasteiger partial charge is 0.307 e. The van der Waals surface area contributed by atoms with Crippen LogP contribution in [-0.2, 0) is 17.8 Å². The van der Waals surface area contributed by atoms with E-state index in [-0.39, 0.29) is 6.42 Å². The molecule has 0 saturated carbocycles. The number of fused-ring (bicyclic) bond motifs is 1. The third-order valence-corrected chi connectivity index (χ3v) is 3.99. The Morgan fingerprint density at radius 3 is 2.50 bits per heavy atom. The van der Waals surface area contributed by atoms with Gasteiger partial charge in [-0.25, -0.2) is 0 Å². The van der Waals surface area contributed by atoms with E-state index in [1.807, 2.05) is 47.2 Å². The van der Waals surface area contributed by atoms with Crippen molar-refractivity contribution in [1.82, 2.24) is 4.57 Å². The number of methoxy groups -OCH3 is 2. The molecule has 0 aliphatic carbocycles. The molecule has 124 valence electrons. The van der Waals surface area contributed by atoms with Gasteiger partial charge in [0.05, 0.1) is 26.2 Å². The predicted octanol–water partition coefficient (Wildman–Crippen LogP) is 3.33. The first-order chi connectivity index (χ1) is 11.6. The molecule has 1 N–H and O–H groups in total. The van der Waals surface area contributed by atoms with Crippen molar-refractivity contribution in [2.45, 2.75) is 13.0 Å². The van der Waals surface area contributed by atoms with Crippen LogP contribution in [0.25, 0.3) is 10.9 Å². The Morgan fingerprint density at radius 2 is 1.88 bits per heavy atom. The summed E-state index contributed by atoms with van der Waals surface area (Å²) in [4.78, 5) is 11.2. The topological polar surface area (TPSA) is 60.7 Å². The molecular formula is C19H19NO4. The van der Waals surface area contributed by atoms with Gasteiger partial charge >= 0.3 is 5.97 Å². The Balaban J connectivity index is 2.18. The molecule has 0 aliphatic rings. The minimum atomic E-state index is -0.869. The molecule has 24 heavy (non-hydrogen) atoms. The summed E-state index contributed by atoms with van der Waals surface area (Å²) < 4.78 is 12.9. The van der Waals surface area contributed by atoms with E-state index in [0.717, 1.165) is 22.0 Å². The van der Waals surface area contributed by atoms with Gasteiger partial charge in [-0.05, 0) is 11.1 Å². The average Bonchev–Trinajstić information content (AvgIpc) is 2.91. The average molecular weight is 325 g/mol. The lowest BCUT2D eigenvalue weighted by Gasteiger charge is -2.10. The molecule has 5 heteroatoms. The Labute approximate surface area is 140 Å². The molecule has 1 heterocycles. The van der Waals surface area contributed by atoms with Crippen molar-refractivity contribution < 1.29 is 19.4 Å². The molecule has 0 fully saturated rings. The monoisotopic (exact) mass is 325 g/mol. The number of carboxylic acid groups (broad SMARTS) is 1. The van der Waals surface area contributed by atoms with Crippen molar-refractivity contribution in [2.24, 2.45) is 0 Å². The number of ether oxygens (including phenoxy) is 2. The number of carboxylic acids is 1. The van der Waals surface area contributed by atoms with Gasteiger partial charge in [-0.15, -0.1) is 0 Å². The van der Waals surface area contributed by atoms with Gasteiger partial charge in [0.1, 0.15) is 11.5 Å². The van der Waals surface area contributed by atoms with Crippen LogP contribution < -0.4 is 9.47 Å². The van der Waals surface area contributed by atoms with Crippen LogP contribution in [0.3, 0.4) is 0 Å². The molecule has 0 amide bonds. The second-order valence-electron chi connectivity index (χ2n) is 5.56. The second kappa shape index (κ2) is 6.66. The normalized spacial score (nSPS) is 10.8. The largest absolute Gasteiger partial charge is 0.497 e. The highest BCUT2D eigenvalue weighted by Crippen LogP contribution is 2.35. The predicted molar refractivity (Wildman–Crippen MR) is 91.9 cm³/mol. The molecule has 0 bridgehead atoms. The lowest BCUT2D eigenvalue weighted by atomic mass is 10.1. The van der Waals surface area contributed by atoms with Gasteiger partial charge in [-0.2, -0.15) is 0 Å². The second-order valence-corrected chi connectivity index (χ2v) is 5.56. The van der Waals surface area contributed by atoms with Crippen LogP contribution in [0.15, 0.2) is 48.7 Å². The lowest BCUT2D eigenvalue weighted by molar-refractivity contribution is -0.136. The van der Waals surface area contributed by atoms with Crippen molar-refractivity contribution in [3.8, 4) is 11.5 Å². The highest BCUT2D eigenvalue weighted by Gasteiger charge is 2.17. The first-order valence-electron chi connectivity index (χ1n) is 7.62. The highest BCUT2D eigenvalue weighted by molar-refractivity contribution is 5.93. The van der Waals surface area contributed by atoms with Gasteiger partial charge in [-0.1, -0.05) is 30.3 Å². The maximum absolute atomic E-state index is 11.2. The maximum atomic E-state index is 11.2. The fourth-order valence-electron chi connectivity index (χ4n) is 2.93. The van der Waals surface area contributed by atoms with E-state index in [4.69, 9.17) is 9.47 Å². The minimum Gasteiger partial charge on any atom is -0.497 e. The molecule has 1 aromatic heterocycles. The first kappa shape index (κ1) is 15.9. The molecule has 0 aliphatic heterocycles. The van der Waals surface area contributed by atoms with Crippen molar-refractivity contribution in [3.63, 3.8) is 0 Å². The summed E-state index contributed by atoms with van der Waals surface area (Å²) in [6, 6.07) is 13.7. The number of rotatable bonds is 6. The van der Waals surface area contributed by atoms with Gasteiger partial charge in [0.2, 0.25) is 0 Å². The van der Waals surface area contributed by atoms with Crippen molar-refractivity contribution >= 4 is 16.9 Å². The molecule has 5 nitrogen and oxygen atoms in total. The van der Waals surface area contributed by atoms with Gasteiger partial charge in [0.25, 0.3) is 0 Å². The highest BCUT2D eigenvalue weighted by atomic mass is 16.5. The molecular weight excluding hydrogens is 306 g/mol. The summed E-state index contributed by atoms with van der Waals surface area (Å²) in [5.74, 6) is 0.424. The zero-order valence-corrected chi connectivity index (χ0v) is 13.7. The van der Waals surface area contributed by atoms with E-state index in [2.05, 4.69) is 0 Å². The number of aromatic nitrogens is 1. The molecule has 2 aromatic carbocycles. The Kier molecular flexibility index (Phi) is 4.42. The first-order valence-corrected chi connectivity index (χ1v) is 7.62. The number of nitrogens with zero attached hydrogens (tertiary/aromatic N) is 1. The molecule has 0 spiro atoms. The number of carbonyl (C=O) groups is 1. The zero-order chi connectivity index (χ0) is 17.1. The van der Waals surface area contributed by atoms with E-state index in [9.17, 15) is 9.90 Å². The van der Waals surface area contributed by atoms with Crippen LogP contribution in [0.4, 0.5) is 0 Å². The quantitative estimate of drug-likeness (QED) is 0.755. The third-order valence-electron chi connectivity index (χ3n) is 3.99. The molecule has 0 radical (unpaired) electrons. The maximum Gasteiger partial charge on any atom is 0.307 e. The third kappa shape index (κ3) is 3.06. The molecule has 3 aromatic rings. The molecule has 0 atom stereocenters. The van der Waals surface area contributed by atoms with Crippen LogP contribution in [0.1, 0.15) is 11.1 Å². The summed E-state index contributed by atoms with van der Waals surface area (Å²) >= 11 is 0. The van der Waals surface area contributed by atoms with Crippen molar-refractivity contribution in [3.05, 3.63) is 59.8 Å². The number of hydrogen-bond donors (Lipinski definition) is 1. The Hall–Kier alpha value is -2.95. The van der Waals surface area contributed by atoms with E-state index in [0.29, 0.717) is 18.0 Å². The lowest BCUT2D eigenvalue weighted by Crippen LogP contribution is -2.00. The van der Waals surface area contributed by atoms with Gasteiger partial charge < -0.3 is 19.1 Å². The number of benzene rings is 2. The zero-order valence-electron chi connectivity index (χ0n) is 13.7. The van der Waals surface area contributed by atoms with Crippen molar-refractivity contribution in [1.29, 1.82) is 0 Å². The standard InChI is InChI=1S/C19H19NO4/c1-23-15-9-16-19(17(10-15)24-2)14(8-18(21)22)12-20(16)11-13-6-4-3-5-7-13/h3-7,9-10,12H,8,11H2,1-2H3,(H,21,22). The number of aliphatic carboxylic acids is 1. The van der Waals surface area contributed by atoms with E-state index in [1.165, 1.54) is 0 Å². The summed E-state index contributed by atoms with van der Waals surface area (Å²) in [6.45, 7) is 0.646. The van der Waals surface area contributed by atoms with Crippen LogP contribution >= 0.6 is 0 Å². The summed E-state index contributed by atoms with van der Waals surface area (Å²) in [7, 11) is 3.18. The van der Waals surface area contributed by atoms with Gasteiger partial charge in [-0.3, -0.25) is 4.79 Å². The van der Waals surface area contributed by atoms with E-state index >= 15 is 0 Å². The fourth-order valence-corrected chi connectivity index (χ4v) is 2.93. The van der Waals surface area contributed by atoms with E-state index in [1.54, 1.807) is 20.3 Å². The van der Waals surface area contributed by atoms with Crippen LogP contribution in [-0.4, -0.2) is 29.9 Å². The van der Waals surface area contributed by atoms with Gasteiger partial charge in [0, 0.05) is 30.3 Å². The van der Waals surface area contributed by atoms with Gasteiger partial charge in [0.15, 0.2) is 0 Å². The summed E-state index contributed by atoms with van der Waals surface area (Å²) in [6.07, 6.45) is 1.83. The summed E-state index contributed by atoms with van der Waals surface area (Å²) in [5, 5.41) is 10.0.